The van der Waals surface area contributed by atoms with Gasteiger partial charge in [-0.25, -0.2) is 9.18 Å². The highest BCUT2D eigenvalue weighted by Crippen LogP contribution is 2.34. The number of nitrogens with zero attached hydrogens (tertiary/aromatic N) is 2. The lowest BCUT2D eigenvalue weighted by Crippen LogP contribution is -2.46. The van der Waals surface area contributed by atoms with E-state index in [-0.39, 0.29) is 29.6 Å². The molecule has 0 radical (unpaired) electrons. The van der Waals surface area contributed by atoms with Gasteiger partial charge in [-0.1, -0.05) is 12.1 Å². The molecule has 0 bridgehead atoms. The lowest BCUT2D eigenvalue weighted by Gasteiger charge is -2.33. The maximum absolute atomic E-state index is 14.9. The first-order valence-corrected chi connectivity index (χ1v) is 13.7. The fourth-order valence-electron chi connectivity index (χ4n) is 5.52. The Hall–Kier alpha value is -3.10. The molecule has 3 amide bonds. The molecule has 3 aliphatic rings. The normalized spacial score (nSPS) is 22.7. The number of nitrogens with two attached hydrogens (primary N) is 1. The summed E-state index contributed by atoms with van der Waals surface area (Å²) in [5, 5.41) is 0. The van der Waals surface area contributed by atoms with Gasteiger partial charge < -0.3 is 25.0 Å². The number of hydrogen-bond acceptors (Lipinski definition) is 5. The topological polar surface area (TPSA) is 102 Å². The number of allylic oxidation sites excluding steroid dienone is 2. The van der Waals surface area contributed by atoms with E-state index in [1.54, 1.807) is 15.9 Å². The summed E-state index contributed by atoms with van der Waals surface area (Å²) < 4.78 is 26.1. The van der Waals surface area contributed by atoms with Crippen LogP contribution in [0, 0.1) is 17.7 Å². The Kier molecular flexibility index (Phi) is 8.63. The molecule has 1 unspecified atom stereocenters. The second-order valence-electron chi connectivity index (χ2n) is 11.7. The summed E-state index contributed by atoms with van der Waals surface area (Å²) >= 11 is 0. The van der Waals surface area contributed by atoms with Gasteiger partial charge in [-0.05, 0) is 94.9 Å². The van der Waals surface area contributed by atoms with Crippen LogP contribution in [-0.2, 0) is 14.3 Å². The van der Waals surface area contributed by atoms with Gasteiger partial charge in [0.1, 0.15) is 11.6 Å². The van der Waals surface area contributed by atoms with Crippen LogP contribution in [0.2, 0.25) is 0 Å². The number of hydrogen-bond donors (Lipinski definition) is 1. The monoisotopic (exact) mass is 529 g/mol. The Balaban J connectivity index is 1.26. The second kappa shape index (κ2) is 11.7. The van der Waals surface area contributed by atoms with E-state index >= 15 is 0 Å². The third-order valence-electron chi connectivity index (χ3n) is 7.67. The van der Waals surface area contributed by atoms with Crippen molar-refractivity contribution in [3.05, 3.63) is 35.7 Å². The summed E-state index contributed by atoms with van der Waals surface area (Å²) in [6.07, 6.45) is 6.60. The minimum atomic E-state index is -0.517. The van der Waals surface area contributed by atoms with E-state index in [0.29, 0.717) is 51.9 Å². The van der Waals surface area contributed by atoms with Gasteiger partial charge in [-0.3, -0.25) is 9.59 Å². The zero-order valence-electron chi connectivity index (χ0n) is 22.7. The van der Waals surface area contributed by atoms with E-state index in [0.717, 1.165) is 30.4 Å². The van der Waals surface area contributed by atoms with Gasteiger partial charge in [0, 0.05) is 25.6 Å². The molecule has 0 saturated carbocycles. The molecule has 9 heteroatoms. The fraction of sp³-hybridized carbons (Fsp3) is 0.621. The molecule has 8 nitrogen and oxygen atoms in total. The Morgan fingerprint density at radius 3 is 2.42 bits per heavy atom. The van der Waals surface area contributed by atoms with E-state index in [2.05, 4.69) is 0 Å². The average molecular weight is 530 g/mol. The van der Waals surface area contributed by atoms with Crippen LogP contribution in [0.4, 0.5) is 9.18 Å². The molecule has 1 aromatic rings. The Morgan fingerprint density at radius 1 is 1.08 bits per heavy atom. The van der Waals surface area contributed by atoms with E-state index in [4.69, 9.17) is 15.2 Å². The first-order valence-electron chi connectivity index (χ1n) is 13.7. The number of piperidine rings is 1. The van der Waals surface area contributed by atoms with Gasteiger partial charge in [0.25, 0.3) is 0 Å². The molecular formula is C29H40FN3O5. The smallest absolute Gasteiger partial charge is 0.410 e. The standard InChI is InChI=1S/C29H40FN3O5/c1-29(2,3)38-28(36)32-15-12-19(13-16-32)18-37-25-11-10-22(17-23(25)30)20-6-8-21(9-7-20)27(35)33-14-4-5-24(33)26(31)34/h6,10-11,17,19,21,24H,4-5,7-9,12-16,18H2,1-3H3,(H2,31,34)/t21?,24-/m0/s1. The molecule has 2 heterocycles. The quantitative estimate of drug-likeness (QED) is 0.584. The maximum atomic E-state index is 14.9. The van der Waals surface area contributed by atoms with E-state index in [9.17, 15) is 18.8 Å². The highest BCUT2D eigenvalue weighted by Gasteiger charge is 2.36. The lowest BCUT2D eigenvalue weighted by molar-refractivity contribution is -0.140. The Labute approximate surface area is 224 Å². The van der Waals surface area contributed by atoms with Crippen LogP contribution in [-0.4, -0.2) is 65.6 Å². The van der Waals surface area contributed by atoms with Gasteiger partial charge in [0.05, 0.1) is 6.61 Å². The SMILES string of the molecule is CC(C)(C)OC(=O)N1CCC(COc2ccc(C3=CCC(C(=O)N4CCC[C@H]4C(N)=O)CC3)cc2F)CC1. The highest BCUT2D eigenvalue weighted by molar-refractivity contribution is 5.88. The van der Waals surface area contributed by atoms with Gasteiger partial charge in [0.15, 0.2) is 11.6 Å². The number of amides is 3. The van der Waals surface area contributed by atoms with Crippen LogP contribution in [0.15, 0.2) is 24.3 Å². The molecule has 1 aromatic carbocycles. The molecule has 1 aliphatic carbocycles. The van der Waals surface area contributed by atoms with Crippen molar-refractivity contribution >= 4 is 23.5 Å². The van der Waals surface area contributed by atoms with Crippen LogP contribution in [0.1, 0.15) is 71.3 Å². The molecule has 2 atom stereocenters. The lowest BCUT2D eigenvalue weighted by atomic mass is 9.85. The second-order valence-corrected chi connectivity index (χ2v) is 11.7. The third-order valence-corrected chi connectivity index (χ3v) is 7.67. The molecule has 4 rings (SSSR count). The summed E-state index contributed by atoms with van der Waals surface area (Å²) in [7, 11) is 0. The Morgan fingerprint density at radius 2 is 1.82 bits per heavy atom. The van der Waals surface area contributed by atoms with Crippen molar-refractivity contribution in [2.45, 2.75) is 77.4 Å². The summed E-state index contributed by atoms with van der Waals surface area (Å²) in [4.78, 5) is 40.2. The predicted molar refractivity (Wildman–Crippen MR) is 142 cm³/mol. The number of benzene rings is 1. The van der Waals surface area contributed by atoms with Crippen LogP contribution < -0.4 is 10.5 Å². The fourth-order valence-corrected chi connectivity index (χ4v) is 5.52. The summed E-state index contributed by atoms with van der Waals surface area (Å²) in [6, 6.07) is 4.53. The van der Waals surface area contributed by atoms with Crippen LogP contribution >= 0.6 is 0 Å². The van der Waals surface area contributed by atoms with Crippen molar-refractivity contribution < 1.29 is 28.2 Å². The molecule has 2 aliphatic heterocycles. The molecular weight excluding hydrogens is 489 g/mol. The first-order chi connectivity index (χ1) is 18.0. The number of likely N-dealkylation sites (tertiary alicyclic amines) is 2. The van der Waals surface area contributed by atoms with Crippen molar-refractivity contribution in [1.29, 1.82) is 0 Å². The van der Waals surface area contributed by atoms with E-state index in [1.165, 1.54) is 6.07 Å². The number of ether oxygens (including phenoxy) is 2. The molecule has 0 spiro atoms. The Bertz CT molecular complexity index is 1070. The molecule has 2 fully saturated rings. The first kappa shape index (κ1) is 27.9. The number of carbonyl (C=O) groups is 3. The number of carbonyl (C=O) groups excluding carboxylic acids is 3. The maximum Gasteiger partial charge on any atom is 0.410 e. The van der Waals surface area contributed by atoms with Gasteiger partial charge in [-0.15, -0.1) is 0 Å². The molecule has 38 heavy (non-hydrogen) atoms. The minimum Gasteiger partial charge on any atom is -0.490 e. The zero-order chi connectivity index (χ0) is 27.4. The number of rotatable bonds is 6. The average Bonchev–Trinajstić information content (AvgIpc) is 3.37. The van der Waals surface area contributed by atoms with Gasteiger partial charge in [0.2, 0.25) is 11.8 Å². The van der Waals surface area contributed by atoms with Gasteiger partial charge in [-0.2, -0.15) is 0 Å². The van der Waals surface area contributed by atoms with Crippen LogP contribution in [0.25, 0.3) is 5.57 Å². The van der Waals surface area contributed by atoms with Crippen molar-refractivity contribution in [2.24, 2.45) is 17.6 Å². The van der Waals surface area contributed by atoms with Crippen LogP contribution in [0.5, 0.6) is 5.75 Å². The van der Waals surface area contributed by atoms with Gasteiger partial charge >= 0.3 is 6.09 Å². The molecule has 2 N–H and O–H groups in total. The number of primary amides is 1. The molecule has 0 aromatic heterocycles. The van der Waals surface area contributed by atoms with Crippen molar-refractivity contribution in [1.82, 2.24) is 9.80 Å². The largest absolute Gasteiger partial charge is 0.490 e. The highest BCUT2D eigenvalue weighted by atomic mass is 19.1. The van der Waals surface area contributed by atoms with E-state index < -0.39 is 23.4 Å². The van der Waals surface area contributed by atoms with Crippen molar-refractivity contribution in [3.63, 3.8) is 0 Å². The third kappa shape index (κ3) is 6.85. The summed E-state index contributed by atoms with van der Waals surface area (Å²) in [5.41, 5.74) is 6.76. The zero-order valence-corrected chi connectivity index (χ0v) is 22.7. The summed E-state index contributed by atoms with van der Waals surface area (Å²) in [6.45, 7) is 7.73. The van der Waals surface area contributed by atoms with Crippen LogP contribution in [0.3, 0.4) is 0 Å². The van der Waals surface area contributed by atoms with Crippen molar-refractivity contribution in [2.75, 3.05) is 26.2 Å². The molecule has 208 valence electrons. The summed E-state index contributed by atoms with van der Waals surface area (Å²) in [5.74, 6) is -0.560. The van der Waals surface area contributed by atoms with Crippen molar-refractivity contribution in [3.8, 4) is 5.75 Å². The predicted octanol–water partition coefficient (Wildman–Crippen LogP) is 4.51. The van der Waals surface area contributed by atoms with E-state index in [1.807, 2.05) is 32.9 Å². The number of halogens is 1. The minimum absolute atomic E-state index is 0.00606. The molecule has 2 saturated heterocycles.